The molecular formula is C27H31FN4O5S. The molecule has 0 aliphatic carbocycles. The zero-order chi connectivity index (χ0) is 27.2. The van der Waals surface area contributed by atoms with Crippen LogP contribution < -0.4 is 19.5 Å². The number of hydrogen-bond acceptors (Lipinski definition) is 6. The Labute approximate surface area is 221 Å². The summed E-state index contributed by atoms with van der Waals surface area (Å²) >= 11 is 0. The molecule has 9 nitrogen and oxygen atoms in total. The van der Waals surface area contributed by atoms with E-state index >= 15 is 0 Å². The van der Waals surface area contributed by atoms with Crippen molar-refractivity contribution >= 4 is 21.6 Å². The van der Waals surface area contributed by atoms with Crippen molar-refractivity contribution in [2.75, 3.05) is 32.1 Å². The van der Waals surface area contributed by atoms with Crippen LogP contribution in [0.15, 0.2) is 53.6 Å². The molecule has 202 valence electrons. The second-order valence-electron chi connectivity index (χ2n) is 10.2. The number of aromatic nitrogens is 1. The van der Waals surface area contributed by atoms with Crippen LogP contribution in [0.25, 0.3) is 0 Å². The van der Waals surface area contributed by atoms with Crippen molar-refractivity contribution in [3.63, 3.8) is 0 Å². The molecule has 1 aromatic heterocycles. The van der Waals surface area contributed by atoms with E-state index in [4.69, 9.17) is 9.47 Å². The number of carbonyl (C=O) groups excluding carboxylic acids is 1. The van der Waals surface area contributed by atoms with Crippen LogP contribution >= 0.6 is 0 Å². The third kappa shape index (κ3) is 4.89. The molecule has 0 unspecified atom stereocenters. The number of benzene rings is 2. The van der Waals surface area contributed by atoms with Gasteiger partial charge in [0.1, 0.15) is 16.5 Å². The number of amides is 1. The van der Waals surface area contributed by atoms with Crippen LogP contribution in [-0.4, -0.2) is 56.1 Å². The van der Waals surface area contributed by atoms with Crippen LogP contribution in [-0.2, 0) is 23.6 Å². The number of aryl methyl sites for hydroxylation is 2. The normalized spacial score (nSPS) is 22.5. The van der Waals surface area contributed by atoms with Crippen LogP contribution in [0.4, 0.5) is 10.1 Å². The predicted molar refractivity (Wildman–Crippen MR) is 140 cm³/mol. The number of sulfonamides is 1. The molecule has 3 heterocycles. The van der Waals surface area contributed by atoms with Gasteiger partial charge in [0.25, 0.3) is 5.91 Å². The van der Waals surface area contributed by atoms with E-state index in [0.29, 0.717) is 30.9 Å². The van der Waals surface area contributed by atoms with Gasteiger partial charge >= 0.3 is 0 Å². The van der Waals surface area contributed by atoms with E-state index < -0.39 is 21.5 Å². The molecule has 11 heteroatoms. The SMILES string of the molecule is COc1ccc(CN2C[C@@H]3COc4c(cn(C)c4C(=O)Nc4ccc(F)c(C)c4)S(=O)(=O)N[C@]3(C)C2)cc1. The van der Waals surface area contributed by atoms with Gasteiger partial charge in [-0.15, -0.1) is 0 Å². The summed E-state index contributed by atoms with van der Waals surface area (Å²) in [6.45, 7) is 5.49. The van der Waals surface area contributed by atoms with Crippen molar-refractivity contribution in [3.8, 4) is 11.5 Å². The molecule has 0 saturated carbocycles. The Hall–Kier alpha value is -3.41. The first kappa shape index (κ1) is 26.2. The maximum atomic E-state index is 13.7. The Morgan fingerprint density at radius 3 is 2.68 bits per heavy atom. The molecule has 0 bridgehead atoms. The van der Waals surface area contributed by atoms with Crippen molar-refractivity contribution in [1.29, 1.82) is 0 Å². The molecule has 38 heavy (non-hydrogen) atoms. The zero-order valence-electron chi connectivity index (χ0n) is 21.7. The molecule has 5 rings (SSSR count). The fourth-order valence-corrected chi connectivity index (χ4v) is 6.91. The van der Waals surface area contributed by atoms with Crippen LogP contribution in [0.5, 0.6) is 11.5 Å². The molecule has 2 aliphatic heterocycles. The molecule has 1 saturated heterocycles. The molecule has 2 aromatic carbocycles. The fourth-order valence-electron chi connectivity index (χ4n) is 5.26. The van der Waals surface area contributed by atoms with E-state index in [-0.39, 0.29) is 34.7 Å². The second kappa shape index (κ2) is 9.72. The monoisotopic (exact) mass is 542 g/mol. The molecule has 1 amide bonds. The number of fused-ring (bicyclic) bond motifs is 2. The molecule has 2 N–H and O–H groups in total. The van der Waals surface area contributed by atoms with Crippen LogP contribution in [0, 0.1) is 18.7 Å². The van der Waals surface area contributed by atoms with Gasteiger partial charge in [-0.05, 0) is 55.3 Å². The summed E-state index contributed by atoms with van der Waals surface area (Å²) in [6, 6.07) is 12.0. The van der Waals surface area contributed by atoms with E-state index in [9.17, 15) is 17.6 Å². The maximum absolute atomic E-state index is 13.7. The average molecular weight is 543 g/mol. The Morgan fingerprint density at radius 2 is 2.00 bits per heavy atom. The van der Waals surface area contributed by atoms with Crippen molar-refractivity contribution in [1.82, 2.24) is 14.2 Å². The first-order valence-electron chi connectivity index (χ1n) is 12.3. The Morgan fingerprint density at radius 1 is 1.26 bits per heavy atom. The minimum atomic E-state index is -4.01. The predicted octanol–water partition coefficient (Wildman–Crippen LogP) is 3.29. The van der Waals surface area contributed by atoms with E-state index in [0.717, 1.165) is 11.3 Å². The molecule has 2 aliphatic rings. The van der Waals surface area contributed by atoms with Crippen molar-refractivity contribution < 1.29 is 27.1 Å². The molecule has 1 fully saturated rings. The third-order valence-corrected chi connectivity index (χ3v) is 8.92. The van der Waals surface area contributed by atoms with Crippen LogP contribution in [0.3, 0.4) is 0 Å². The lowest BCUT2D eigenvalue weighted by atomic mass is 9.91. The summed E-state index contributed by atoms with van der Waals surface area (Å²) in [5, 5.41) is 2.72. The van der Waals surface area contributed by atoms with Crippen LogP contribution in [0.2, 0.25) is 0 Å². The number of rotatable bonds is 5. The standard InChI is InChI=1S/C27H31FN4O5S/c1-17-11-20(7-10-22(17)28)29-26(33)24-25-23(14-31(24)3)38(34,35)30-27(2)16-32(13-19(27)15-37-25)12-18-5-8-21(36-4)9-6-18/h5-11,14,19,30H,12-13,15-16H2,1-4H3,(H,29,33)/t19-,27-/m1/s1. The van der Waals surface area contributed by atoms with E-state index in [1.165, 1.54) is 29.0 Å². The number of nitrogens with zero attached hydrogens (tertiary/aromatic N) is 2. The van der Waals surface area contributed by atoms with Gasteiger partial charge in [-0.1, -0.05) is 12.1 Å². The highest BCUT2D eigenvalue weighted by molar-refractivity contribution is 7.89. The molecule has 0 spiro atoms. The third-order valence-electron chi connectivity index (χ3n) is 7.32. The van der Waals surface area contributed by atoms with Gasteiger partial charge in [0, 0.05) is 44.5 Å². The van der Waals surface area contributed by atoms with Gasteiger partial charge in [0.05, 0.1) is 19.3 Å². The lowest BCUT2D eigenvalue weighted by Gasteiger charge is -2.33. The number of halogens is 1. The van der Waals surface area contributed by atoms with E-state index in [1.54, 1.807) is 21.1 Å². The van der Waals surface area contributed by atoms with Gasteiger partial charge in [-0.2, -0.15) is 0 Å². The molecule has 3 aromatic rings. The molecule has 0 radical (unpaired) electrons. The van der Waals surface area contributed by atoms with Gasteiger partial charge < -0.3 is 19.4 Å². The van der Waals surface area contributed by atoms with Crippen molar-refractivity contribution in [2.45, 2.75) is 30.8 Å². The second-order valence-corrected chi connectivity index (χ2v) is 11.9. The van der Waals surface area contributed by atoms with Crippen molar-refractivity contribution in [3.05, 3.63) is 71.3 Å². The number of anilines is 1. The number of hydrogen-bond donors (Lipinski definition) is 2. The summed E-state index contributed by atoms with van der Waals surface area (Å²) < 4.78 is 56.5. The zero-order valence-corrected chi connectivity index (χ0v) is 22.6. The Balaban J connectivity index is 1.39. The van der Waals surface area contributed by atoms with Gasteiger partial charge in [-0.25, -0.2) is 17.5 Å². The quantitative estimate of drug-likeness (QED) is 0.513. The maximum Gasteiger partial charge on any atom is 0.276 e. The largest absolute Gasteiger partial charge is 0.497 e. The van der Waals surface area contributed by atoms with Gasteiger partial charge in [-0.3, -0.25) is 9.69 Å². The first-order chi connectivity index (χ1) is 18.0. The Kier molecular flexibility index (Phi) is 6.70. The summed E-state index contributed by atoms with van der Waals surface area (Å²) in [6.07, 6.45) is 1.39. The molecule has 2 atom stereocenters. The van der Waals surface area contributed by atoms with E-state index in [1.807, 2.05) is 31.2 Å². The highest BCUT2D eigenvalue weighted by Crippen LogP contribution is 2.38. The summed E-state index contributed by atoms with van der Waals surface area (Å²) in [4.78, 5) is 15.3. The lowest BCUT2D eigenvalue weighted by Crippen LogP contribution is -2.54. The van der Waals surface area contributed by atoms with Crippen molar-refractivity contribution in [2.24, 2.45) is 13.0 Å². The van der Waals surface area contributed by atoms with E-state index in [2.05, 4.69) is 14.9 Å². The van der Waals surface area contributed by atoms with Gasteiger partial charge in [0.15, 0.2) is 11.4 Å². The topological polar surface area (TPSA) is 102 Å². The number of nitrogens with one attached hydrogen (secondary N) is 2. The number of likely N-dealkylation sites (tertiary alicyclic amines) is 1. The molecular weight excluding hydrogens is 511 g/mol. The summed E-state index contributed by atoms with van der Waals surface area (Å²) in [7, 11) is -0.797. The summed E-state index contributed by atoms with van der Waals surface area (Å²) in [5.74, 6) is -0.303. The average Bonchev–Trinajstić information content (AvgIpc) is 3.35. The Bertz CT molecular complexity index is 1490. The number of carbonyl (C=O) groups is 1. The highest BCUT2D eigenvalue weighted by atomic mass is 32.2. The minimum absolute atomic E-state index is 0.00647. The van der Waals surface area contributed by atoms with Crippen LogP contribution in [0.1, 0.15) is 28.5 Å². The smallest absolute Gasteiger partial charge is 0.276 e. The minimum Gasteiger partial charge on any atom is -0.497 e. The summed E-state index contributed by atoms with van der Waals surface area (Å²) in [5.41, 5.74) is 1.18. The fraction of sp³-hybridized carbons (Fsp3) is 0.370. The number of ether oxygens (including phenoxy) is 2. The highest BCUT2D eigenvalue weighted by Gasteiger charge is 2.48. The number of methoxy groups -OCH3 is 1. The van der Waals surface area contributed by atoms with Gasteiger partial charge in [0.2, 0.25) is 10.0 Å². The first-order valence-corrected chi connectivity index (χ1v) is 13.8. The lowest BCUT2D eigenvalue weighted by molar-refractivity contribution is 0.101.